The third kappa shape index (κ3) is 1.23. The molecule has 0 aromatic carbocycles. The Bertz CT molecular complexity index is 175. The Labute approximate surface area is 70.1 Å². The molecule has 0 atom stereocenters. The number of hydrogen-bond acceptors (Lipinski definition) is 0. The molecule has 1 rings (SSSR count). The Morgan fingerprint density at radius 2 is 1.67 bits per heavy atom. The second-order valence-corrected chi connectivity index (χ2v) is 4.16. The van der Waals surface area contributed by atoms with Gasteiger partial charge < -0.3 is 0 Å². The van der Waals surface area contributed by atoms with E-state index >= 15 is 0 Å². The molecule has 0 unspecified atom stereocenters. The molecule has 0 N–H and O–H groups in total. The van der Waals surface area contributed by atoms with Crippen LogP contribution < -0.4 is 0 Å². The summed E-state index contributed by atoms with van der Waals surface area (Å²) in [5, 5.41) is 0. The second-order valence-electron chi connectivity index (χ2n) is 2.74. The molecule has 47 valence electrons. The van der Waals surface area contributed by atoms with Gasteiger partial charge in [-0.3, -0.25) is 0 Å². The summed E-state index contributed by atoms with van der Waals surface area (Å²) in [7, 11) is 0. The third-order valence-corrected chi connectivity index (χ3v) is 4.26. The van der Waals surface area contributed by atoms with Gasteiger partial charge in [0.25, 0.3) is 0 Å². The second kappa shape index (κ2) is 2.49. The monoisotopic (exact) mass is 227 g/mol. The first-order valence-corrected chi connectivity index (χ1v) is 4.63. The van der Waals surface area contributed by atoms with Crippen LogP contribution in [0.2, 0.25) is 0 Å². The molecule has 0 heterocycles. The number of hydrogen-bond donors (Lipinski definition) is 0. The molecule has 9 heavy (non-hydrogen) atoms. The van der Waals surface area contributed by atoms with Crippen LogP contribution >= 0.6 is 0 Å². The van der Waals surface area contributed by atoms with Crippen molar-refractivity contribution in [3.63, 3.8) is 0 Å². The molecular formula is C8H11Sn. The minimum absolute atomic E-state index is 1.23. The van der Waals surface area contributed by atoms with E-state index in [-0.39, 0.29) is 0 Å². The molecule has 0 nitrogen and oxygen atoms in total. The van der Waals surface area contributed by atoms with Crippen molar-refractivity contribution in [2.45, 2.75) is 27.2 Å². The molecule has 1 aliphatic carbocycles. The van der Waals surface area contributed by atoms with Crippen molar-refractivity contribution in [2.24, 2.45) is 0 Å². The molecule has 0 saturated carbocycles. The van der Waals surface area contributed by atoms with Gasteiger partial charge in [0.05, 0.1) is 0 Å². The number of allylic oxidation sites excluding steroid dienone is 4. The summed E-state index contributed by atoms with van der Waals surface area (Å²) in [4.78, 5) is 0. The average molecular weight is 226 g/mol. The van der Waals surface area contributed by atoms with E-state index in [4.69, 9.17) is 0 Å². The summed E-state index contributed by atoms with van der Waals surface area (Å²) in [5.74, 6) is 0. The van der Waals surface area contributed by atoms with Crippen molar-refractivity contribution in [3.05, 3.63) is 20.3 Å². The van der Waals surface area contributed by atoms with Crippen LogP contribution in [0, 0.1) is 0 Å². The Balaban J connectivity index is 2.97. The van der Waals surface area contributed by atoms with Crippen LogP contribution in [0.3, 0.4) is 0 Å². The van der Waals surface area contributed by atoms with Crippen LogP contribution in [-0.4, -0.2) is 22.5 Å². The van der Waals surface area contributed by atoms with Crippen LogP contribution in [-0.2, 0) is 0 Å². The van der Waals surface area contributed by atoms with E-state index in [0.29, 0.717) is 0 Å². The first-order chi connectivity index (χ1) is 4.13. The third-order valence-electron chi connectivity index (χ3n) is 1.97. The summed E-state index contributed by atoms with van der Waals surface area (Å²) in [6, 6.07) is 0. The maximum absolute atomic E-state index is 2.24. The van der Waals surface area contributed by atoms with E-state index in [9.17, 15) is 0 Å². The standard InChI is InChI=1S/C8H11.Sn/c1-6-4-7(2)8(3)5-6;/h4H2,1-3H3;. The van der Waals surface area contributed by atoms with Crippen molar-refractivity contribution < 1.29 is 0 Å². The number of rotatable bonds is 0. The predicted octanol–water partition coefficient (Wildman–Crippen LogP) is 2.17. The Hall–Kier alpha value is 0.279. The molecule has 0 aromatic rings. The SMILES string of the molecule is CC1=C(C)[C]([Sn])=C(C)C1. The quantitative estimate of drug-likeness (QED) is 0.555. The topological polar surface area (TPSA) is 0 Å². The van der Waals surface area contributed by atoms with Gasteiger partial charge in [0, 0.05) is 0 Å². The zero-order valence-electron chi connectivity index (χ0n) is 6.21. The van der Waals surface area contributed by atoms with E-state index in [1.54, 1.807) is 42.8 Å². The van der Waals surface area contributed by atoms with E-state index in [0.717, 1.165) is 0 Å². The molecule has 0 fully saturated rings. The van der Waals surface area contributed by atoms with Gasteiger partial charge in [-0.25, -0.2) is 0 Å². The molecule has 1 heteroatoms. The average Bonchev–Trinajstić information content (AvgIpc) is 1.98. The van der Waals surface area contributed by atoms with Crippen molar-refractivity contribution >= 4 is 22.5 Å². The Morgan fingerprint density at radius 1 is 1.11 bits per heavy atom. The summed E-state index contributed by atoms with van der Waals surface area (Å²) < 4.78 is 1.60. The fourth-order valence-corrected chi connectivity index (χ4v) is 2.01. The van der Waals surface area contributed by atoms with Gasteiger partial charge in [0.1, 0.15) is 0 Å². The molecule has 0 amide bonds. The first kappa shape index (κ1) is 7.39. The molecule has 1 aliphatic rings. The van der Waals surface area contributed by atoms with E-state index < -0.39 is 0 Å². The molecule has 3 radical (unpaired) electrons. The zero-order chi connectivity index (χ0) is 7.02. The van der Waals surface area contributed by atoms with Crippen molar-refractivity contribution in [3.8, 4) is 0 Å². The van der Waals surface area contributed by atoms with Gasteiger partial charge in [-0.15, -0.1) is 0 Å². The molecule has 0 bridgehead atoms. The van der Waals surface area contributed by atoms with Gasteiger partial charge in [-0.2, -0.15) is 0 Å². The summed E-state index contributed by atoms with van der Waals surface area (Å²) in [6.07, 6.45) is 1.23. The van der Waals surface area contributed by atoms with Crippen LogP contribution in [0.25, 0.3) is 0 Å². The fraction of sp³-hybridized carbons (Fsp3) is 0.500. The van der Waals surface area contributed by atoms with Crippen LogP contribution in [0.15, 0.2) is 20.3 Å². The molecule has 0 aromatic heterocycles. The van der Waals surface area contributed by atoms with Gasteiger partial charge in [0.15, 0.2) is 0 Å². The van der Waals surface area contributed by atoms with Crippen molar-refractivity contribution in [1.29, 1.82) is 0 Å². The normalized spacial score (nSPS) is 20.0. The van der Waals surface area contributed by atoms with Gasteiger partial charge >= 0.3 is 70.0 Å². The predicted molar refractivity (Wildman–Crippen MR) is 41.4 cm³/mol. The van der Waals surface area contributed by atoms with Crippen molar-refractivity contribution in [2.75, 3.05) is 0 Å². The maximum atomic E-state index is 2.24. The first-order valence-electron chi connectivity index (χ1n) is 3.21. The van der Waals surface area contributed by atoms with Crippen LogP contribution in [0.5, 0.6) is 0 Å². The Morgan fingerprint density at radius 3 is 1.78 bits per heavy atom. The molecule has 0 aliphatic heterocycles. The fourth-order valence-electron chi connectivity index (χ4n) is 1.15. The molecule has 0 saturated heterocycles. The van der Waals surface area contributed by atoms with Gasteiger partial charge in [-0.1, -0.05) is 0 Å². The molecular weight excluding hydrogens is 215 g/mol. The van der Waals surface area contributed by atoms with E-state index in [1.807, 2.05) is 0 Å². The van der Waals surface area contributed by atoms with Crippen LogP contribution in [0.1, 0.15) is 27.2 Å². The zero-order valence-corrected chi connectivity index (χ0v) is 9.06. The van der Waals surface area contributed by atoms with Crippen LogP contribution in [0.4, 0.5) is 0 Å². The summed E-state index contributed by atoms with van der Waals surface area (Å²) in [5.41, 5.74) is 4.70. The minimum atomic E-state index is 1.23. The van der Waals surface area contributed by atoms with Gasteiger partial charge in [0.2, 0.25) is 0 Å². The summed E-state index contributed by atoms with van der Waals surface area (Å²) in [6.45, 7) is 6.70. The Kier molecular flexibility index (Phi) is 2.04. The molecule has 0 spiro atoms. The van der Waals surface area contributed by atoms with E-state index in [2.05, 4.69) is 20.8 Å². The van der Waals surface area contributed by atoms with E-state index in [1.165, 1.54) is 6.42 Å². The summed E-state index contributed by atoms with van der Waals surface area (Å²) >= 11 is 1.58. The van der Waals surface area contributed by atoms with Crippen molar-refractivity contribution in [1.82, 2.24) is 0 Å². The van der Waals surface area contributed by atoms with Gasteiger partial charge in [-0.05, 0) is 0 Å².